The second kappa shape index (κ2) is 13.1. The maximum absolute atomic E-state index is 12.5. The average Bonchev–Trinajstić information content (AvgIpc) is 2.78. The topological polar surface area (TPSA) is 66.0 Å². The van der Waals surface area contributed by atoms with Crippen LogP contribution in [0.1, 0.15) is 24.0 Å². The highest BCUT2D eigenvalue weighted by Gasteiger charge is 2.19. The van der Waals surface area contributed by atoms with Crippen LogP contribution in [0, 0.1) is 0 Å². The molecule has 30 heavy (non-hydrogen) atoms. The molecule has 1 aliphatic rings. The summed E-state index contributed by atoms with van der Waals surface area (Å²) in [7, 11) is 1.74. The van der Waals surface area contributed by atoms with E-state index in [0.717, 1.165) is 37.6 Å². The van der Waals surface area contributed by atoms with E-state index in [2.05, 4.69) is 33.8 Å². The van der Waals surface area contributed by atoms with Gasteiger partial charge in [0, 0.05) is 33.1 Å². The molecule has 0 aliphatic carbocycles. The smallest absolute Gasteiger partial charge is 0.222 e. The van der Waals surface area contributed by atoms with Crippen molar-refractivity contribution in [2.75, 3.05) is 33.3 Å². The molecule has 0 radical (unpaired) electrons. The van der Waals surface area contributed by atoms with E-state index in [9.17, 15) is 4.79 Å². The number of carbonyl (C=O) groups is 1. The highest BCUT2D eigenvalue weighted by molar-refractivity contribution is 14.0. The second-order valence-electron chi connectivity index (χ2n) is 7.02. The van der Waals surface area contributed by atoms with E-state index < -0.39 is 0 Å². The van der Waals surface area contributed by atoms with Crippen LogP contribution in [0.5, 0.6) is 5.75 Å². The van der Waals surface area contributed by atoms with E-state index in [4.69, 9.17) is 4.74 Å². The predicted molar refractivity (Wildman–Crippen MR) is 132 cm³/mol. The molecule has 0 aromatic heterocycles. The molecule has 6 nitrogen and oxygen atoms in total. The number of fused-ring (bicyclic) bond motifs is 1. The van der Waals surface area contributed by atoms with Crippen molar-refractivity contribution in [3.8, 4) is 5.75 Å². The molecule has 162 valence electrons. The standard InChI is InChI=1S/C23H30N4O2.HI/c1-24-23(26-15-17-29-21-10-3-2-4-11-21)25-14-7-12-22(28)27-16-13-19-8-5-6-9-20(19)18-27;/h2-6,8-11H,7,12-18H2,1H3,(H2,24,25,26);1H. The number of benzene rings is 2. The SMILES string of the molecule is CN=C(NCCCC(=O)N1CCc2ccccc2C1)NCCOc1ccccc1.I. The third kappa shape index (κ3) is 7.51. The Morgan fingerprint density at radius 3 is 2.50 bits per heavy atom. The molecule has 0 fully saturated rings. The molecule has 0 saturated carbocycles. The third-order valence-corrected chi connectivity index (χ3v) is 4.97. The quantitative estimate of drug-likeness (QED) is 0.242. The van der Waals surface area contributed by atoms with Gasteiger partial charge in [0.15, 0.2) is 5.96 Å². The Bertz CT molecular complexity index is 814. The molecule has 1 aliphatic heterocycles. The first-order chi connectivity index (χ1) is 14.3. The number of amides is 1. The Morgan fingerprint density at radius 2 is 1.73 bits per heavy atom. The molecule has 0 atom stereocenters. The van der Waals surface area contributed by atoms with Crippen molar-refractivity contribution >= 4 is 35.8 Å². The lowest BCUT2D eigenvalue weighted by Crippen LogP contribution is -2.40. The first kappa shape index (κ1) is 24.0. The number of nitrogens with zero attached hydrogens (tertiary/aromatic N) is 2. The van der Waals surface area contributed by atoms with E-state index in [1.165, 1.54) is 11.1 Å². The Kier molecular flexibility index (Phi) is 10.5. The Morgan fingerprint density at radius 1 is 1.03 bits per heavy atom. The summed E-state index contributed by atoms with van der Waals surface area (Å²) in [6, 6.07) is 18.1. The number of halogens is 1. The van der Waals surface area contributed by atoms with Crippen LogP contribution in [-0.4, -0.2) is 50.1 Å². The number of rotatable bonds is 8. The van der Waals surface area contributed by atoms with Crippen molar-refractivity contribution in [2.45, 2.75) is 25.8 Å². The van der Waals surface area contributed by atoms with Crippen LogP contribution in [0.2, 0.25) is 0 Å². The van der Waals surface area contributed by atoms with Crippen molar-refractivity contribution in [1.29, 1.82) is 0 Å². The predicted octanol–water partition coefficient (Wildman–Crippen LogP) is 3.21. The van der Waals surface area contributed by atoms with Gasteiger partial charge in [0.25, 0.3) is 0 Å². The van der Waals surface area contributed by atoms with Crippen LogP contribution in [0.4, 0.5) is 0 Å². The van der Waals surface area contributed by atoms with Gasteiger partial charge in [-0.1, -0.05) is 42.5 Å². The van der Waals surface area contributed by atoms with Crippen LogP contribution in [0.15, 0.2) is 59.6 Å². The number of hydrogen-bond acceptors (Lipinski definition) is 3. The number of carbonyl (C=O) groups excluding carboxylic acids is 1. The zero-order valence-corrected chi connectivity index (χ0v) is 19.8. The fourth-order valence-corrected chi connectivity index (χ4v) is 3.39. The number of guanidine groups is 1. The fourth-order valence-electron chi connectivity index (χ4n) is 3.39. The van der Waals surface area contributed by atoms with Gasteiger partial charge in [-0.25, -0.2) is 0 Å². The molecule has 0 spiro atoms. The molecule has 0 unspecified atom stereocenters. The van der Waals surface area contributed by atoms with Crippen LogP contribution in [0.3, 0.4) is 0 Å². The molecule has 1 heterocycles. The normalized spacial score (nSPS) is 13.1. The molecule has 3 rings (SSSR count). The highest BCUT2D eigenvalue weighted by atomic mass is 127. The number of ether oxygens (including phenoxy) is 1. The van der Waals surface area contributed by atoms with Gasteiger partial charge in [-0.2, -0.15) is 0 Å². The largest absolute Gasteiger partial charge is 0.492 e. The molecule has 2 aromatic rings. The van der Waals surface area contributed by atoms with Crippen molar-refractivity contribution in [1.82, 2.24) is 15.5 Å². The number of hydrogen-bond donors (Lipinski definition) is 2. The van der Waals surface area contributed by atoms with E-state index in [1.807, 2.05) is 41.3 Å². The van der Waals surface area contributed by atoms with Crippen molar-refractivity contribution in [3.05, 3.63) is 65.7 Å². The van der Waals surface area contributed by atoms with Crippen LogP contribution in [0.25, 0.3) is 0 Å². The lowest BCUT2D eigenvalue weighted by Gasteiger charge is -2.29. The summed E-state index contributed by atoms with van der Waals surface area (Å²) in [5.41, 5.74) is 2.64. The minimum absolute atomic E-state index is 0. The van der Waals surface area contributed by atoms with Gasteiger partial charge in [-0.3, -0.25) is 9.79 Å². The maximum Gasteiger partial charge on any atom is 0.222 e. The summed E-state index contributed by atoms with van der Waals surface area (Å²) < 4.78 is 5.65. The van der Waals surface area contributed by atoms with Crippen molar-refractivity contribution in [2.24, 2.45) is 4.99 Å². The molecule has 2 aromatic carbocycles. The summed E-state index contributed by atoms with van der Waals surface area (Å²) in [6.07, 6.45) is 2.27. The maximum atomic E-state index is 12.5. The summed E-state index contributed by atoms with van der Waals surface area (Å²) in [5, 5.41) is 6.48. The molecular formula is C23H31IN4O2. The van der Waals surface area contributed by atoms with E-state index >= 15 is 0 Å². The molecule has 2 N–H and O–H groups in total. The van der Waals surface area contributed by atoms with Gasteiger partial charge in [-0.15, -0.1) is 24.0 Å². The Hall–Kier alpha value is -2.29. The summed E-state index contributed by atoms with van der Waals surface area (Å²) in [5.74, 6) is 1.80. The number of para-hydroxylation sites is 1. The molecule has 7 heteroatoms. The second-order valence-corrected chi connectivity index (χ2v) is 7.02. The van der Waals surface area contributed by atoms with Crippen molar-refractivity contribution < 1.29 is 9.53 Å². The number of nitrogens with one attached hydrogen (secondary N) is 2. The van der Waals surface area contributed by atoms with Crippen molar-refractivity contribution in [3.63, 3.8) is 0 Å². The first-order valence-corrected chi connectivity index (χ1v) is 10.2. The summed E-state index contributed by atoms with van der Waals surface area (Å²) in [6.45, 7) is 3.46. The van der Waals surface area contributed by atoms with Gasteiger partial charge in [0.2, 0.25) is 5.91 Å². The van der Waals surface area contributed by atoms with Crippen LogP contribution < -0.4 is 15.4 Å². The molecular weight excluding hydrogens is 491 g/mol. The Labute approximate surface area is 196 Å². The zero-order valence-electron chi connectivity index (χ0n) is 17.5. The summed E-state index contributed by atoms with van der Waals surface area (Å²) >= 11 is 0. The lowest BCUT2D eigenvalue weighted by atomic mass is 9.99. The third-order valence-electron chi connectivity index (χ3n) is 4.97. The van der Waals surface area contributed by atoms with Crippen LogP contribution >= 0.6 is 24.0 Å². The molecule has 0 saturated heterocycles. The zero-order chi connectivity index (χ0) is 20.3. The monoisotopic (exact) mass is 522 g/mol. The minimum Gasteiger partial charge on any atom is -0.492 e. The van der Waals surface area contributed by atoms with E-state index in [0.29, 0.717) is 26.1 Å². The van der Waals surface area contributed by atoms with Gasteiger partial charge in [-0.05, 0) is 36.1 Å². The first-order valence-electron chi connectivity index (χ1n) is 10.2. The number of aliphatic imine (C=N–C) groups is 1. The fraction of sp³-hybridized carbons (Fsp3) is 0.391. The van der Waals surface area contributed by atoms with Gasteiger partial charge >= 0.3 is 0 Å². The van der Waals surface area contributed by atoms with Gasteiger partial charge in [0.05, 0.1) is 6.54 Å². The summed E-state index contributed by atoms with van der Waals surface area (Å²) in [4.78, 5) is 18.7. The highest BCUT2D eigenvalue weighted by Crippen LogP contribution is 2.19. The van der Waals surface area contributed by atoms with E-state index in [-0.39, 0.29) is 29.9 Å². The molecule has 0 bridgehead atoms. The minimum atomic E-state index is 0. The lowest BCUT2D eigenvalue weighted by molar-refractivity contribution is -0.132. The van der Waals surface area contributed by atoms with E-state index in [1.54, 1.807) is 7.05 Å². The van der Waals surface area contributed by atoms with Gasteiger partial charge in [0.1, 0.15) is 12.4 Å². The van der Waals surface area contributed by atoms with Gasteiger partial charge < -0.3 is 20.3 Å². The van der Waals surface area contributed by atoms with Crippen LogP contribution in [-0.2, 0) is 17.8 Å². The molecule has 1 amide bonds. The average molecular weight is 522 g/mol. The Balaban J connectivity index is 0.00000320.